The van der Waals surface area contributed by atoms with Gasteiger partial charge in [-0.15, -0.1) is 0 Å². The Balaban J connectivity index is 1.95. The number of sulfone groups is 2. The summed E-state index contributed by atoms with van der Waals surface area (Å²) in [6.45, 7) is 2.88. The quantitative estimate of drug-likeness (QED) is 0.319. The van der Waals surface area contributed by atoms with Crippen molar-refractivity contribution in [3.63, 3.8) is 0 Å². The fourth-order valence-electron chi connectivity index (χ4n) is 4.57. The molecule has 5 rings (SSSR count). The largest absolute Gasteiger partial charge is 0.507 e. The Labute approximate surface area is 218 Å². The molecule has 192 valence electrons. The van der Waals surface area contributed by atoms with Crippen molar-refractivity contribution >= 4 is 31.2 Å². The van der Waals surface area contributed by atoms with Gasteiger partial charge in [0.1, 0.15) is 16.4 Å². The average molecular weight is 549 g/mol. The fourth-order valence-corrected chi connectivity index (χ4v) is 8.15. The molecule has 0 unspecified atom stereocenters. The first-order valence-corrected chi connectivity index (χ1v) is 14.3. The van der Waals surface area contributed by atoms with Crippen LogP contribution in [0.1, 0.15) is 43.0 Å². The molecular formula is C28H20O8S2. The molecule has 0 atom stereocenters. The van der Waals surface area contributed by atoms with Crippen LogP contribution < -0.4 is 0 Å². The lowest BCUT2D eigenvalue weighted by Crippen LogP contribution is -2.26. The number of ketones is 2. The van der Waals surface area contributed by atoms with E-state index in [0.29, 0.717) is 0 Å². The number of aromatic hydroxyl groups is 2. The van der Waals surface area contributed by atoms with Gasteiger partial charge in [-0.3, -0.25) is 9.59 Å². The maximum absolute atomic E-state index is 14.0. The van der Waals surface area contributed by atoms with Crippen LogP contribution in [0, 0.1) is 13.8 Å². The highest BCUT2D eigenvalue weighted by molar-refractivity contribution is 7.94. The molecule has 1 aliphatic rings. The monoisotopic (exact) mass is 548 g/mol. The molecule has 38 heavy (non-hydrogen) atoms. The van der Waals surface area contributed by atoms with Gasteiger partial charge >= 0.3 is 0 Å². The Bertz CT molecular complexity index is 1890. The summed E-state index contributed by atoms with van der Waals surface area (Å²) in [4.78, 5) is 25.4. The smallest absolute Gasteiger partial charge is 0.208 e. The van der Waals surface area contributed by atoms with Crippen LogP contribution in [0.15, 0.2) is 92.4 Å². The van der Waals surface area contributed by atoms with E-state index in [0.717, 1.165) is 12.1 Å². The van der Waals surface area contributed by atoms with Gasteiger partial charge in [0, 0.05) is 5.56 Å². The van der Waals surface area contributed by atoms with E-state index in [2.05, 4.69) is 0 Å². The van der Waals surface area contributed by atoms with E-state index in [-0.39, 0.29) is 20.9 Å². The molecule has 0 spiro atoms. The Morgan fingerprint density at radius 3 is 1.50 bits per heavy atom. The highest BCUT2D eigenvalue weighted by Gasteiger charge is 2.43. The van der Waals surface area contributed by atoms with Gasteiger partial charge in [-0.1, -0.05) is 36.4 Å². The molecule has 0 saturated carbocycles. The zero-order valence-corrected chi connectivity index (χ0v) is 21.7. The lowest BCUT2D eigenvalue weighted by atomic mass is 9.81. The van der Waals surface area contributed by atoms with Crippen molar-refractivity contribution in [1.82, 2.24) is 0 Å². The van der Waals surface area contributed by atoms with Crippen molar-refractivity contribution in [2.75, 3.05) is 0 Å². The van der Waals surface area contributed by atoms with Crippen LogP contribution in [-0.4, -0.2) is 38.6 Å². The first-order valence-electron chi connectivity index (χ1n) is 11.3. The molecule has 0 bridgehead atoms. The molecule has 0 amide bonds. The standard InChI is InChI=1S/C28H20O8S2/c1-15-16(2)25(30)23-22(24(15)29)26(31)19-13-14-20(37(33,34)17-9-5-3-6-10-17)28(21(19)27(23)32)38(35,36)18-11-7-4-8-12-18/h3-14,29-30H,1-2H3. The molecule has 0 aromatic heterocycles. The zero-order chi connectivity index (χ0) is 27.6. The van der Waals surface area contributed by atoms with Gasteiger partial charge in [-0.05, 0) is 61.4 Å². The molecule has 10 heteroatoms. The van der Waals surface area contributed by atoms with Crippen molar-refractivity contribution in [2.45, 2.75) is 33.4 Å². The summed E-state index contributed by atoms with van der Waals surface area (Å²) in [6.07, 6.45) is 0. The van der Waals surface area contributed by atoms with E-state index >= 15 is 0 Å². The fraction of sp³-hybridized carbons (Fsp3) is 0.0714. The summed E-state index contributed by atoms with van der Waals surface area (Å²) in [5.74, 6) is -3.13. The Morgan fingerprint density at radius 1 is 0.553 bits per heavy atom. The number of hydrogen-bond donors (Lipinski definition) is 2. The second-order valence-electron chi connectivity index (χ2n) is 8.80. The van der Waals surface area contributed by atoms with Crippen LogP contribution >= 0.6 is 0 Å². The van der Waals surface area contributed by atoms with Crippen molar-refractivity contribution in [2.24, 2.45) is 0 Å². The molecule has 2 N–H and O–H groups in total. The normalized spacial score (nSPS) is 13.2. The zero-order valence-electron chi connectivity index (χ0n) is 20.1. The van der Waals surface area contributed by atoms with Crippen LogP contribution in [0.5, 0.6) is 11.5 Å². The van der Waals surface area contributed by atoms with Gasteiger partial charge in [0.15, 0.2) is 11.6 Å². The Hall–Kier alpha value is -4.28. The van der Waals surface area contributed by atoms with Gasteiger partial charge in [0.05, 0.1) is 31.4 Å². The molecule has 4 aromatic carbocycles. The van der Waals surface area contributed by atoms with Crippen molar-refractivity contribution in [3.8, 4) is 11.5 Å². The van der Waals surface area contributed by atoms with E-state index in [9.17, 15) is 36.6 Å². The minimum Gasteiger partial charge on any atom is -0.507 e. The number of benzene rings is 4. The summed E-state index contributed by atoms with van der Waals surface area (Å²) < 4.78 is 55.4. The number of fused-ring (bicyclic) bond motifs is 2. The van der Waals surface area contributed by atoms with Gasteiger partial charge in [-0.2, -0.15) is 0 Å². The topological polar surface area (TPSA) is 143 Å². The maximum Gasteiger partial charge on any atom is 0.208 e. The van der Waals surface area contributed by atoms with E-state index < -0.39 is 74.8 Å². The van der Waals surface area contributed by atoms with Gasteiger partial charge < -0.3 is 10.2 Å². The predicted octanol–water partition coefficient (Wildman–Crippen LogP) is 4.16. The third-order valence-electron chi connectivity index (χ3n) is 6.71. The number of hydrogen-bond acceptors (Lipinski definition) is 8. The second-order valence-corrected chi connectivity index (χ2v) is 12.6. The minimum atomic E-state index is -4.70. The van der Waals surface area contributed by atoms with E-state index in [4.69, 9.17) is 0 Å². The molecule has 1 aliphatic carbocycles. The van der Waals surface area contributed by atoms with Crippen LogP contribution in [-0.2, 0) is 19.7 Å². The maximum atomic E-state index is 14.0. The number of phenolic OH excluding ortho intramolecular Hbond substituents is 2. The highest BCUT2D eigenvalue weighted by atomic mass is 32.2. The Kier molecular flexibility index (Phi) is 5.77. The van der Waals surface area contributed by atoms with E-state index in [1.54, 1.807) is 12.1 Å². The van der Waals surface area contributed by atoms with Crippen molar-refractivity contribution < 1.29 is 36.6 Å². The summed E-state index contributed by atoms with van der Waals surface area (Å²) in [5, 5.41) is 21.5. The van der Waals surface area contributed by atoms with Crippen LogP contribution in [0.4, 0.5) is 0 Å². The molecule has 0 radical (unpaired) electrons. The minimum absolute atomic E-state index is 0.117. The van der Waals surface area contributed by atoms with Crippen molar-refractivity contribution in [1.29, 1.82) is 0 Å². The molecule has 0 saturated heterocycles. The summed E-state index contributed by atoms with van der Waals surface area (Å²) in [7, 11) is -9.20. The van der Waals surface area contributed by atoms with Gasteiger partial charge in [0.2, 0.25) is 19.7 Å². The van der Waals surface area contributed by atoms with Gasteiger partial charge in [0.25, 0.3) is 0 Å². The third kappa shape index (κ3) is 3.48. The van der Waals surface area contributed by atoms with Crippen LogP contribution in [0.3, 0.4) is 0 Å². The van der Waals surface area contributed by atoms with E-state index in [1.807, 2.05) is 0 Å². The highest BCUT2D eigenvalue weighted by Crippen LogP contribution is 2.45. The lowest BCUT2D eigenvalue weighted by Gasteiger charge is -2.25. The Morgan fingerprint density at radius 2 is 1.00 bits per heavy atom. The second kappa shape index (κ2) is 8.64. The summed E-state index contributed by atoms with van der Waals surface area (Å²) in [6, 6.07) is 16.1. The molecule has 0 fully saturated rings. The number of phenols is 2. The number of carbonyl (C=O) groups excluding carboxylic acids is 2. The third-order valence-corrected chi connectivity index (χ3v) is 10.5. The van der Waals surface area contributed by atoms with Crippen LogP contribution in [0.2, 0.25) is 0 Å². The lowest BCUT2D eigenvalue weighted by molar-refractivity contribution is 0.0971. The van der Waals surface area contributed by atoms with E-state index in [1.165, 1.54) is 62.4 Å². The summed E-state index contributed by atoms with van der Waals surface area (Å²) in [5.41, 5.74) is -1.84. The number of carbonyl (C=O) groups is 2. The van der Waals surface area contributed by atoms with Gasteiger partial charge in [-0.25, -0.2) is 16.8 Å². The molecule has 8 nitrogen and oxygen atoms in total. The first kappa shape index (κ1) is 25.4. The summed E-state index contributed by atoms with van der Waals surface area (Å²) >= 11 is 0. The molecule has 0 heterocycles. The van der Waals surface area contributed by atoms with Crippen molar-refractivity contribution in [3.05, 3.63) is 106 Å². The molecule has 4 aromatic rings. The first-order chi connectivity index (χ1) is 17.9. The molecular weight excluding hydrogens is 528 g/mol. The average Bonchev–Trinajstić information content (AvgIpc) is 2.92. The predicted molar refractivity (Wildman–Crippen MR) is 136 cm³/mol. The molecule has 0 aliphatic heterocycles. The number of rotatable bonds is 4. The SMILES string of the molecule is Cc1c(C)c(O)c2c(c1O)C(=O)c1ccc(S(=O)(=O)c3ccccc3)c(S(=O)(=O)c3ccccc3)c1C2=O. The van der Waals surface area contributed by atoms with Crippen LogP contribution in [0.25, 0.3) is 0 Å².